The second-order valence-corrected chi connectivity index (χ2v) is 6.29. The Balaban J connectivity index is 2.06. The summed E-state index contributed by atoms with van der Waals surface area (Å²) in [5.41, 5.74) is 8.47. The van der Waals surface area contributed by atoms with E-state index in [4.69, 9.17) is 10.5 Å². The Labute approximate surface area is 121 Å². The molecule has 0 amide bonds. The van der Waals surface area contributed by atoms with E-state index in [0.717, 1.165) is 27.2 Å². The zero-order chi connectivity index (χ0) is 13.8. The number of methoxy groups -OCH3 is 1. The van der Waals surface area contributed by atoms with Gasteiger partial charge in [-0.1, -0.05) is 29.5 Å². The SMILES string of the molecule is COc1ccc(C)cc1C(N)CSc1nc(C)ns1. The molecule has 2 aromatic rings. The summed E-state index contributed by atoms with van der Waals surface area (Å²) in [5.74, 6) is 2.41. The lowest BCUT2D eigenvalue weighted by atomic mass is 10.1. The molecule has 102 valence electrons. The van der Waals surface area contributed by atoms with Gasteiger partial charge in [0.15, 0.2) is 4.34 Å². The Morgan fingerprint density at radius 2 is 2.21 bits per heavy atom. The van der Waals surface area contributed by atoms with Gasteiger partial charge in [-0.2, -0.15) is 4.37 Å². The number of hydrogen-bond donors (Lipinski definition) is 1. The molecule has 1 aromatic carbocycles. The van der Waals surface area contributed by atoms with Crippen molar-refractivity contribution in [3.8, 4) is 5.75 Å². The molecule has 0 bridgehead atoms. The number of aromatic nitrogens is 2. The molecule has 1 atom stereocenters. The van der Waals surface area contributed by atoms with Crippen molar-refractivity contribution < 1.29 is 4.74 Å². The van der Waals surface area contributed by atoms with Gasteiger partial charge in [0.05, 0.1) is 7.11 Å². The number of nitrogens with zero attached hydrogens (tertiary/aromatic N) is 2. The van der Waals surface area contributed by atoms with Gasteiger partial charge in [0.1, 0.15) is 11.6 Å². The molecule has 4 nitrogen and oxygen atoms in total. The monoisotopic (exact) mass is 295 g/mol. The summed E-state index contributed by atoms with van der Waals surface area (Å²) < 4.78 is 10.5. The summed E-state index contributed by atoms with van der Waals surface area (Å²) in [6.07, 6.45) is 0. The zero-order valence-corrected chi connectivity index (χ0v) is 12.8. The number of benzene rings is 1. The predicted molar refractivity (Wildman–Crippen MR) is 80.0 cm³/mol. The largest absolute Gasteiger partial charge is 0.496 e. The van der Waals surface area contributed by atoms with E-state index in [1.165, 1.54) is 17.1 Å². The van der Waals surface area contributed by atoms with Crippen LogP contribution in [0, 0.1) is 13.8 Å². The van der Waals surface area contributed by atoms with Crippen LogP contribution in [0.25, 0.3) is 0 Å². The smallest absolute Gasteiger partial charge is 0.170 e. The van der Waals surface area contributed by atoms with Crippen molar-refractivity contribution in [3.05, 3.63) is 35.2 Å². The van der Waals surface area contributed by atoms with Crippen LogP contribution in [0.2, 0.25) is 0 Å². The molecule has 6 heteroatoms. The standard InChI is InChI=1S/C13H17N3OS2/c1-8-4-5-12(17-3)10(6-8)11(14)7-18-13-15-9(2)16-19-13/h4-6,11H,7,14H2,1-3H3. The molecule has 0 spiro atoms. The third-order valence-corrected chi connectivity index (χ3v) is 4.72. The van der Waals surface area contributed by atoms with E-state index in [1.807, 2.05) is 19.1 Å². The van der Waals surface area contributed by atoms with Gasteiger partial charge >= 0.3 is 0 Å². The molecule has 0 radical (unpaired) electrons. The van der Waals surface area contributed by atoms with Gasteiger partial charge in [-0.05, 0) is 31.4 Å². The maximum absolute atomic E-state index is 6.25. The Bertz CT molecular complexity index is 557. The van der Waals surface area contributed by atoms with E-state index in [-0.39, 0.29) is 6.04 Å². The second kappa shape index (κ2) is 6.36. The number of aryl methyl sites for hydroxylation is 2. The first kappa shape index (κ1) is 14.3. The summed E-state index contributed by atoms with van der Waals surface area (Å²) in [7, 11) is 1.67. The minimum atomic E-state index is -0.0796. The molecule has 0 aliphatic rings. The van der Waals surface area contributed by atoms with E-state index >= 15 is 0 Å². The number of nitrogens with two attached hydrogens (primary N) is 1. The highest BCUT2D eigenvalue weighted by Gasteiger charge is 2.13. The van der Waals surface area contributed by atoms with Crippen molar-refractivity contribution in [1.29, 1.82) is 0 Å². The van der Waals surface area contributed by atoms with Crippen molar-refractivity contribution in [2.75, 3.05) is 12.9 Å². The van der Waals surface area contributed by atoms with Gasteiger partial charge in [0.2, 0.25) is 0 Å². The number of rotatable bonds is 5. The molecular weight excluding hydrogens is 278 g/mol. The molecular formula is C13H17N3OS2. The first-order valence-electron chi connectivity index (χ1n) is 5.93. The summed E-state index contributed by atoms with van der Waals surface area (Å²) in [6.45, 7) is 3.95. The minimum Gasteiger partial charge on any atom is -0.496 e. The van der Waals surface area contributed by atoms with Gasteiger partial charge in [0.25, 0.3) is 0 Å². The van der Waals surface area contributed by atoms with E-state index in [2.05, 4.69) is 22.3 Å². The third-order valence-electron chi connectivity index (χ3n) is 2.68. The molecule has 0 saturated carbocycles. The Morgan fingerprint density at radius 3 is 2.84 bits per heavy atom. The lowest BCUT2D eigenvalue weighted by Gasteiger charge is -2.15. The molecule has 1 unspecified atom stereocenters. The molecule has 2 rings (SSSR count). The lowest BCUT2D eigenvalue weighted by Crippen LogP contribution is -2.14. The summed E-state index contributed by atoms with van der Waals surface area (Å²) in [6, 6.07) is 5.99. The Morgan fingerprint density at radius 1 is 1.42 bits per heavy atom. The van der Waals surface area contributed by atoms with Crippen LogP contribution in [0.5, 0.6) is 5.75 Å². The van der Waals surface area contributed by atoms with E-state index in [1.54, 1.807) is 18.9 Å². The summed E-state index contributed by atoms with van der Waals surface area (Å²) in [4.78, 5) is 4.32. The highest BCUT2D eigenvalue weighted by Crippen LogP contribution is 2.30. The Hall–Kier alpha value is -1.11. The highest BCUT2D eigenvalue weighted by atomic mass is 32.2. The molecule has 1 heterocycles. The Kier molecular flexibility index (Phi) is 4.79. The van der Waals surface area contributed by atoms with E-state index < -0.39 is 0 Å². The maximum atomic E-state index is 6.25. The fraction of sp³-hybridized carbons (Fsp3) is 0.385. The number of hydrogen-bond acceptors (Lipinski definition) is 6. The van der Waals surface area contributed by atoms with Crippen LogP contribution in [-0.4, -0.2) is 22.2 Å². The molecule has 2 N–H and O–H groups in total. The quantitative estimate of drug-likeness (QED) is 0.859. The van der Waals surface area contributed by atoms with Crippen LogP contribution < -0.4 is 10.5 Å². The first-order chi connectivity index (χ1) is 9.10. The lowest BCUT2D eigenvalue weighted by molar-refractivity contribution is 0.407. The zero-order valence-electron chi connectivity index (χ0n) is 11.2. The van der Waals surface area contributed by atoms with E-state index in [0.29, 0.717) is 0 Å². The normalized spacial score (nSPS) is 12.4. The van der Waals surface area contributed by atoms with Gasteiger partial charge in [0, 0.05) is 17.4 Å². The van der Waals surface area contributed by atoms with Crippen molar-refractivity contribution in [3.63, 3.8) is 0 Å². The van der Waals surface area contributed by atoms with Crippen LogP contribution in [0.1, 0.15) is 23.0 Å². The fourth-order valence-electron chi connectivity index (χ4n) is 1.73. The topological polar surface area (TPSA) is 61.0 Å². The van der Waals surface area contributed by atoms with Crippen LogP contribution >= 0.6 is 23.3 Å². The maximum Gasteiger partial charge on any atom is 0.170 e. The minimum absolute atomic E-state index is 0.0796. The van der Waals surface area contributed by atoms with Gasteiger partial charge < -0.3 is 10.5 Å². The second-order valence-electron chi connectivity index (χ2n) is 4.27. The van der Waals surface area contributed by atoms with Crippen LogP contribution in [0.4, 0.5) is 0 Å². The van der Waals surface area contributed by atoms with Gasteiger partial charge in [-0.3, -0.25) is 0 Å². The van der Waals surface area contributed by atoms with Gasteiger partial charge in [-0.15, -0.1) is 0 Å². The fourth-order valence-corrected chi connectivity index (χ4v) is 3.38. The van der Waals surface area contributed by atoms with Crippen molar-refractivity contribution >= 4 is 23.3 Å². The number of thioether (sulfide) groups is 1. The number of ether oxygens (including phenoxy) is 1. The van der Waals surface area contributed by atoms with Gasteiger partial charge in [-0.25, -0.2) is 4.98 Å². The van der Waals surface area contributed by atoms with Crippen molar-refractivity contribution in [2.45, 2.75) is 24.2 Å². The average Bonchev–Trinajstić information content (AvgIpc) is 2.81. The van der Waals surface area contributed by atoms with Crippen molar-refractivity contribution in [1.82, 2.24) is 9.36 Å². The first-order valence-corrected chi connectivity index (χ1v) is 7.69. The third kappa shape index (κ3) is 3.68. The van der Waals surface area contributed by atoms with Crippen molar-refractivity contribution in [2.24, 2.45) is 5.73 Å². The molecule has 0 fully saturated rings. The molecule has 0 aliphatic heterocycles. The predicted octanol–water partition coefficient (Wildman–Crippen LogP) is 2.96. The molecule has 19 heavy (non-hydrogen) atoms. The highest BCUT2D eigenvalue weighted by molar-refractivity contribution is 8.00. The molecule has 1 aromatic heterocycles. The summed E-state index contributed by atoms with van der Waals surface area (Å²) >= 11 is 3.05. The van der Waals surface area contributed by atoms with Crippen LogP contribution in [0.3, 0.4) is 0 Å². The van der Waals surface area contributed by atoms with Crippen LogP contribution in [-0.2, 0) is 0 Å². The average molecular weight is 295 g/mol. The molecule has 0 saturated heterocycles. The van der Waals surface area contributed by atoms with E-state index in [9.17, 15) is 0 Å². The molecule has 0 aliphatic carbocycles. The summed E-state index contributed by atoms with van der Waals surface area (Å²) in [5, 5.41) is 0. The van der Waals surface area contributed by atoms with Crippen LogP contribution in [0.15, 0.2) is 22.5 Å².